The van der Waals surface area contributed by atoms with Crippen molar-refractivity contribution in [2.24, 2.45) is 0 Å². The second kappa shape index (κ2) is 6.49. The highest BCUT2D eigenvalue weighted by molar-refractivity contribution is 5.97. The second-order valence-electron chi connectivity index (χ2n) is 6.83. The van der Waals surface area contributed by atoms with Gasteiger partial charge in [0.1, 0.15) is 0 Å². The van der Waals surface area contributed by atoms with Crippen molar-refractivity contribution in [3.63, 3.8) is 0 Å². The quantitative estimate of drug-likeness (QED) is 0.849. The van der Waals surface area contributed by atoms with E-state index < -0.39 is 0 Å². The molecular weight excluding hydrogens is 288 g/mol. The minimum atomic E-state index is 0.229. The fourth-order valence-electron chi connectivity index (χ4n) is 4.06. The normalized spacial score (nSPS) is 25.4. The third-order valence-corrected chi connectivity index (χ3v) is 5.40. The van der Waals surface area contributed by atoms with Gasteiger partial charge in [-0.2, -0.15) is 0 Å². The zero-order valence-corrected chi connectivity index (χ0v) is 13.7. The molecule has 4 rings (SSSR count). The molecule has 1 aromatic rings. The van der Waals surface area contributed by atoms with Crippen LogP contribution in [0.15, 0.2) is 18.2 Å². The first-order chi connectivity index (χ1) is 11.3. The van der Waals surface area contributed by atoms with Gasteiger partial charge in [0.15, 0.2) is 0 Å². The first kappa shape index (κ1) is 15.0. The van der Waals surface area contributed by atoms with E-state index >= 15 is 0 Å². The van der Waals surface area contributed by atoms with Crippen molar-refractivity contribution >= 4 is 11.6 Å². The number of benzene rings is 1. The zero-order chi connectivity index (χ0) is 15.6. The van der Waals surface area contributed by atoms with Crippen LogP contribution < -0.4 is 15.5 Å². The van der Waals surface area contributed by atoms with Gasteiger partial charge in [0.25, 0.3) is 5.91 Å². The lowest BCUT2D eigenvalue weighted by Gasteiger charge is -2.38. The van der Waals surface area contributed by atoms with E-state index in [1.807, 2.05) is 0 Å². The predicted molar refractivity (Wildman–Crippen MR) is 92.2 cm³/mol. The topological polar surface area (TPSA) is 47.6 Å². The lowest BCUT2D eigenvalue weighted by atomic mass is 9.95. The molecule has 3 aliphatic rings. The molecule has 2 fully saturated rings. The van der Waals surface area contributed by atoms with Crippen LogP contribution in [0, 0.1) is 0 Å². The molecule has 1 unspecified atom stereocenters. The Kier molecular flexibility index (Phi) is 4.23. The Hall–Kier alpha value is -1.59. The van der Waals surface area contributed by atoms with Crippen LogP contribution in [-0.2, 0) is 6.42 Å². The summed E-state index contributed by atoms with van der Waals surface area (Å²) in [7, 11) is 0. The van der Waals surface area contributed by atoms with Gasteiger partial charge in [-0.1, -0.05) is 0 Å². The summed E-state index contributed by atoms with van der Waals surface area (Å²) < 4.78 is 0. The first-order valence-corrected chi connectivity index (χ1v) is 8.93. The molecule has 0 bridgehead atoms. The Bertz CT molecular complexity index is 576. The van der Waals surface area contributed by atoms with Gasteiger partial charge in [-0.25, -0.2) is 0 Å². The molecular formula is C18H26N4O. The molecule has 0 spiro atoms. The smallest absolute Gasteiger partial charge is 0.254 e. The van der Waals surface area contributed by atoms with Crippen molar-refractivity contribution in [2.45, 2.75) is 25.3 Å². The molecule has 1 atom stereocenters. The van der Waals surface area contributed by atoms with E-state index in [1.54, 1.807) is 0 Å². The monoisotopic (exact) mass is 314 g/mol. The van der Waals surface area contributed by atoms with Crippen LogP contribution in [0.5, 0.6) is 0 Å². The second-order valence-corrected chi connectivity index (χ2v) is 6.83. The summed E-state index contributed by atoms with van der Waals surface area (Å²) in [4.78, 5) is 17.4. The summed E-state index contributed by atoms with van der Waals surface area (Å²) in [5.41, 5.74) is 3.41. The number of hydrogen-bond donors (Lipinski definition) is 2. The maximum absolute atomic E-state index is 12.9. The predicted octanol–water partition coefficient (Wildman–Crippen LogP) is 0.846. The zero-order valence-electron chi connectivity index (χ0n) is 13.7. The lowest BCUT2D eigenvalue weighted by molar-refractivity contribution is 0.0630. The maximum atomic E-state index is 12.9. The summed E-state index contributed by atoms with van der Waals surface area (Å²) in [6.07, 6.45) is 3.29. The Morgan fingerprint density at radius 1 is 1.04 bits per heavy atom. The average molecular weight is 314 g/mol. The minimum Gasteiger partial charge on any atom is -0.369 e. The molecule has 5 nitrogen and oxygen atoms in total. The van der Waals surface area contributed by atoms with Gasteiger partial charge in [0.05, 0.1) is 0 Å². The van der Waals surface area contributed by atoms with Crippen molar-refractivity contribution in [3.8, 4) is 0 Å². The number of piperazine rings is 1. The van der Waals surface area contributed by atoms with E-state index in [9.17, 15) is 4.79 Å². The van der Waals surface area contributed by atoms with E-state index in [2.05, 4.69) is 38.6 Å². The molecule has 3 aliphatic heterocycles. The van der Waals surface area contributed by atoms with E-state index in [4.69, 9.17) is 0 Å². The number of rotatable bonds is 2. The molecule has 23 heavy (non-hydrogen) atoms. The van der Waals surface area contributed by atoms with E-state index in [1.165, 1.54) is 17.7 Å². The van der Waals surface area contributed by atoms with E-state index in [0.29, 0.717) is 6.04 Å². The number of nitrogens with one attached hydrogen (secondary N) is 2. The minimum absolute atomic E-state index is 0.229. The number of fused-ring (bicyclic) bond motifs is 1. The molecule has 5 heteroatoms. The molecule has 0 radical (unpaired) electrons. The van der Waals surface area contributed by atoms with Gasteiger partial charge in [0.2, 0.25) is 0 Å². The molecule has 124 valence electrons. The highest BCUT2D eigenvalue weighted by Crippen LogP contribution is 2.27. The van der Waals surface area contributed by atoms with Gasteiger partial charge in [-0.05, 0) is 49.6 Å². The van der Waals surface area contributed by atoms with Crippen LogP contribution >= 0.6 is 0 Å². The van der Waals surface area contributed by atoms with Crippen molar-refractivity contribution in [1.82, 2.24) is 15.5 Å². The highest BCUT2D eigenvalue weighted by Gasteiger charge is 2.31. The van der Waals surface area contributed by atoms with Gasteiger partial charge in [-0.3, -0.25) is 4.79 Å². The molecule has 0 aliphatic carbocycles. The van der Waals surface area contributed by atoms with Crippen LogP contribution in [0.4, 0.5) is 5.69 Å². The Morgan fingerprint density at radius 3 is 2.70 bits per heavy atom. The molecule has 0 saturated carbocycles. The summed E-state index contributed by atoms with van der Waals surface area (Å²) in [5, 5.41) is 6.81. The molecule has 1 aromatic carbocycles. The highest BCUT2D eigenvalue weighted by atomic mass is 16.2. The summed E-state index contributed by atoms with van der Waals surface area (Å²) >= 11 is 0. The van der Waals surface area contributed by atoms with Crippen LogP contribution in [0.25, 0.3) is 0 Å². The van der Waals surface area contributed by atoms with Crippen molar-refractivity contribution in [1.29, 1.82) is 0 Å². The van der Waals surface area contributed by atoms with Crippen LogP contribution in [0.2, 0.25) is 0 Å². The number of hydrogen-bond acceptors (Lipinski definition) is 4. The van der Waals surface area contributed by atoms with Crippen molar-refractivity contribution in [3.05, 3.63) is 29.3 Å². The fraction of sp³-hybridized carbons (Fsp3) is 0.611. The summed E-state index contributed by atoms with van der Waals surface area (Å²) in [6, 6.07) is 6.80. The number of amides is 1. The molecule has 0 aromatic heterocycles. The maximum Gasteiger partial charge on any atom is 0.254 e. The number of anilines is 1. The average Bonchev–Trinajstić information content (AvgIpc) is 2.63. The number of piperidine rings is 1. The Labute approximate surface area is 138 Å². The van der Waals surface area contributed by atoms with Crippen molar-refractivity contribution < 1.29 is 4.79 Å². The van der Waals surface area contributed by atoms with Gasteiger partial charge in [-0.15, -0.1) is 0 Å². The van der Waals surface area contributed by atoms with E-state index in [0.717, 1.165) is 64.2 Å². The molecule has 1 amide bonds. The first-order valence-electron chi connectivity index (χ1n) is 8.93. The third kappa shape index (κ3) is 2.95. The molecule has 2 N–H and O–H groups in total. The third-order valence-electron chi connectivity index (χ3n) is 5.40. The summed E-state index contributed by atoms with van der Waals surface area (Å²) in [5.74, 6) is 0.229. The van der Waals surface area contributed by atoms with Gasteiger partial charge in [0, 0.05) is 56.6 Å². The van der Waals surface area contributed by atoms with Crippen molar-refractivity contribution in [2.75, 3.05) is 50.7 Å². The Morgan fingerprint density at radius 2 is 1.91 bits per heavy atom. The SMILES string of the molecule is O=C1c2ccc(N3CCNCC3)cc2CCN1C1CCCNC1. The molecule has 3 heterocycles. The standard InChI is InChI=1S/C18H26N4O/c23-18-17-4-3-15(21-10-7-19-8-11-21)12-14(17)5-9-22(18)16-2-1-6-20-13-16/h3-4,12,16,19-20H,1-2,5-11,13H2. The fourth-order valence-corrected chi connectivity index (χ4v) is 4.06. The van der Waals surface area contributed by atoms with Crippen LogP contribution in [0.1, 0.15) is 28.8 Å². The summed E-state index contributed by atoms with van der Waals surface area (Å²) in [6.45, 7) is 7.07. The Balaban J connectivity index is 1.53. The molecule has 2 saturated heterocycles. The van der Waals surface area contributed by atoms with Crippen LogP contribution in [0.3, 0.4) is 0 Å². The number of carbonyl (C=O) groups is 1. The lowest BCUT2D eigenvalue weighted by Crippen LogP contribution is -2.51. The van der Waals surface area contributed by atoms with E-state index in [-0.39, 0.29) is 5.91 Å². The largest absolute Gasteiger partial charge is 0.369 e. The number of nitrogens with zero attached hydrogens (tertiary/aromatic N) is 2. The number of carbonyl (C=O) groups excluding carboxylic acids is 1. The van der Waals surface area contributed by atoms with Gasteiger partial charge < -0.3 is 20.4 Å². The van der Waals surface area contributed by atoms with Gasteiger partial charge >= 0.3 is 0 Å². The van der Waals surface area contributed by atoms with Crippen LogP contribution in [-0.4, -0.2) is 62.7 Å².